The lowest BCUT2D eigenvalue weighted by molar-refractivity contribution is 0.609. The van der Waals surface area contributed by atoms with Gasteiger partial charge >= 0.3 is 0 Å². The van der Waals surface area contributed by atoms with E-state index in [1.54, 1.807) is 6.07 Å². The minimum Gasteiger partial charge on any atom is -0.364 e. The van der Waals surface area contributed by atoms with Crippen LogP contribution in [0.25, 0.3) is 0 Å². The molecule has 2 aromatic rings. The Labute approximate surface area is 92.9 Å². The average molecular weight is 217 g/mol. The van der Waals surface area contributed by atoms with Crippen molar-refractivity contribution < 1.29 is 4.39 Å². The van der Waals surface area contributed by atoms with Crippen LogP contribution in [-0.4, -0.2) is 16.7 Å². The molecule has 0 saturated heterocycles. The van der Waals surface area contributed by atoms with E-state index in [4.69, 9.17) is 0 Å². The summed E-state index contributed by atoms with van der Waals surface area (Å²) in [4.78, 5) is 2.05. The molecule has 3 nitrogen and oxygen atoms in total. The fourth-order valence-electron chi connectivity index (χ4n) is 2.14. The number of nitrogens with zero attached hydrogens (tertiary/aromatic N) is 2. The van der Waals surface area contributed by atoms with Gasteiger partial charge in [-0.3, -0.25) is 5.10 Å². The Kier molecular flexibility index (Phi) is 2.13. The highest BCUT2D eigenvalue weighted by Gasteiger charge is 2.19. The van der Waals surface area contributed by atoms with Gasteiger partial charge in [0.05, 0.1) is 11.9 Å². The highest BCUT2D eigenvalue weighted by atomic mass is 19.1. The van der Waals surface area contributed by atoms with Gasteiger partial charge in [-0.25, -0.2) is 4.39 Å². The molecule has 0 atom stereocenters. The van der Waals surface area contributed by atoms with Crippen LogP contribution in [0, 0.1) is 5.82 Å². The maximum absolute atomic E-state index is 13.6. The standard InChI is InChI=1S/C12H12FN3/c13-10-3-1-2-4-12(10)16-6-5-11-9(8-16)7-14-15-11/h1-4,7H,5-6,8H2,(H,14,15). The Bertz CT molecular complexity index is 506. The molecule has 0 bridgehead atoms. The van der Waals surface area contributed by atoms with Gasteiger partial charge in [-0.1, -0.05) is 12.1 Å². The monoisotopic (exact) mass is 217 g/mol. The zero-order valence-corrected chi connectivity index (χ0v) is 8.78. The predicted molar refractivity (Wildman–Crippen MR) is 59.7 cm³/mol. The number of anilines is 1. The third-order valence-corrected chi connectivity index (χ3v) is 2.99. The van der Waals surface area contributed by atoms with Gasteiger partial charge in [0, 0.05) is 30.8 Å². The van der Waals surface area contributed by atoms with Crippen LogP contribution >= 0.6 is 0 Å². The summed E-state index contributed by atoms with van der Waals surface area (Å²) in [5.74, 6) is -0.158. The predicted octanol–water partition coefficient (Wildman–Crippen LogP) is 2.11. The van der Waals surface area contributed by atoms with E-state index in [1.807, 2.05) is 23.2 Å². The summed E-state index contributed by atoms with van der Waals surface area (Å²) in [6.07, 6.45) is 2.71. The molecule has 0 spiro atoms. The third kappa shape index (κ3) is 1.46. The first-order valence-electron chi connectivity index (χ1n) is 5.35. The molecule has 4 heteroatoms. The van der Waals surface area contributed by atoms with Gasteiger partial charge < -0.3 is 4.90 Å². The minimum atomic E-state index is -0.158. The van der Waals surface area contributed by atoms with Crippen molar-refractivity contribution >= 4 is 5.69 Å². The number of aromatic amines is 1. The summed E-state index contributed by atoms with van der Waals surface area (Å²) < 4.78 is 13.6. The number of hydrogen-bond donors (Lipinski definition) is 1. The Morgan fingerprint density at radius 2 is 2.19 bits per heavy atom. The summed E-state index contributed by atoms with van der Waals surface area (Å²) in [7, 11) is 0. The molecular weight excluding hydrogens is 205 g/mol. The van der Waals surface area contributed by atoms with Crippen LogP contribution in [0.2, 0.25) is 0 Å². The van der Waals surface area contributed by atoms with Crippen LogP contribution in [0.15, 0.2) is 30.5 Å². The molecule has 3 rings (SSSR count). The molecule has 82 valence electrons. The van der Waals surface area contributed by atoms with Crippen molar-refractivity contribution in [3.8, 4) is 0 Å². The first-order chi connectivity index (χ1) is 7.84. The second-order valence-electron chi connectivity index (χ2n) is 4.00. The summed E-state index contributed by atoms with van der Waals surface area (Å²) in [5, 5.41) is 6.98. The molecule has 0 fully saturated rings. The molecule has 1 aromatic carbocycles. The summed E-state index contributed by atoms with van der Waals surface area (Å²) in [6.45, 7) is 1.56. The second-order valence-corrected chi connectivity index (χ2v) is 4.00. The van der Waals surface area contributed by atoms with Crippen molar-refractivity contribution in [3.63, 3.8) is 0 Å². The lowest BCUT2D eigenvalue weighted by atomic mass is 10.1. The fraction of sp³-hybridized carbons (Fsp3) is 0.250. The van der Waals surface area contributed by atoms with E-state index >= 15 is 0 Å². The SMILES string of the molecule is Fc1ccccc1N1CCc2[nH]ncc2C1. The number of nitrogens with one attached hydrogen (secondary N) is 1. The van der Waals surface area contributed by atoms with E-state index < -0.39 is 0 Å². The molecule has 0 saturated carbocycles. The number of H-pyrrole nitrogens is 1. The number of aromatic nitrogens is 2. The van der Waals surface area contributed by atoms with Gasteiger partial charge in [-0.05, 0) is 12.1 Å². The summed E-state index contributed by atoms with van der Waals surface area (Å²) in [5.41, 5.74) is 3.01. The lowest BCUT2D eigenvalue weighted by Gasteiger charge is -2.28. The molecule has 0 amide bonds. The Morgan fingerprint density at radius 3 is 3.06 bits per heavy atom. The van der Waals surface area contributed by atoms with Crippen molar-refractivity contribution in [1.29, 1.82) is 0 Å². The molecule has 0 radical (unpaired) electrons. The van der Waals surface area contributed by atoms with E-state index in [0.717, 1.165) is 25.1 Å². The van der Waals surface area contributed by atoms with Crippen LogP contribution in [0.4, 0.5) is 10.1 Å². The number of fused-ring (bicyclic) bond motifs is 1. The van der Waals surface area contributed by atoms with Crippen LogP contribution < -0.4 is 4.90 Å². The molecule has 0 aliphatic carbocycles. The number of halogens is 1. The first-order valence-corrected chi connectivity index (χ1v) is 5.35. The van der Waals surface area contributed by atoms with Crippen LogP contribution in [0.3, 0.4) is 0 Å². The van der Waals surface area contributed by atoms with Gasteiger partial charge in [0.25, 0.3) is 0 Å². The molecule has 1 aliphatic rings. The maximum Gasteiger partial charge on any atom is 0.146 e. The quantitative estimate of drug-likeness (QED) is 0.793. The normalized spacial score (nSPS) is 14.9. The van der Waals surface area contributed by atoms with Crippen LogP contribution in [0.1, 0.15) is 11.3 Å². The fourth-order valence-corrected chi connectivity index (χ4v) is 2.14. The topological polar surface area (TPSA) is 31.9 Å². The molecule has 16 heavy (non-hydrogen) atoms. The van der Waals surface area contributed by atoms with Crippen molar-refractivity contribution in [1.82, 2.24) is 10.2 Å². The van der Waals surface area contributed by atoms with Gasteiger partial charge in [0.1, 0.15) is 5.82 Å². The van der Waals surface area contributed by atoms with Crippen molar-refractivity contribution in [3.05, 3.63) is 47.5 Å². The van der Waals surface area contributed by atoms with E-state index in [-0.39, 0.29) is 5.82 Å². The van der Waals surface area contributed by atoms with Gasteiger partial charge in [0.2, 0.25) is 0 Å². The zero-order valence-electron chi connectivity index (χ0n) is 8.78. The smallest absolute Gasteiger partial charge is 0.146 e. The van der Waals surface area contributed by atoms with E-state index in [9.17, 15) is 4.39 Å². The number of rotatable bonds is 1. The average Bonchev–Trinajstić information content (AvgIpc) is 2.76. The molecule has 1 N–H and O–H groups in total. The van der Waals surface area contributed by atoms with Gasteiger partial charge in [-0.15, -0.1) is 0 Å². The van der Waals surface area contributed by atoms with E-state index in [1.165, 1.54) is 11.8 Å². The molecule has 1 aliphatic heterocycles. The van der Waals surface area contributed by atoms with Crippen LogP contribution in [0.5, 0.6) is 0 Å². The first kappa shape index (κ1) is 9.39. The van der Waals surface area contributed by atoms with Crippen LogP contribution in [-0.2, 0) is 13.0 Å². The van der Waals surface area contributed by atoms with Crippen molar-refractivity contribution in [2.45, 2.75) is 13.0 Å². The molecule has 0 unspecified atom stereocenters. The highest BCUT2D eigenvalue weighted by molar-refractivity contribution is 5.49. The number of hydrogen-bond acceptors (Lipinski definition) is 2. The third-order valence-electron chi connectivity index (χ3n) is 2.99. The van der Waals surface area contributed by atoms with Crippen molar-refractivity contribution in [2.75, 3.05) is 11.4 Å². The minimum absolute atomic E-state index is 0.158. The maximum atomic E-state index is 13.6. The van der Waals surface area contributed by atoms with Gasteiger partial charge in [-0.2, -0.15) is 5.10 Å². The molecule has 2 heterocycles. The Morgan fingerprint density at radius 1 is 1.31 bits per heavy atom. The second kappa shape index (κ2) is 3.63. The number of benzene rings is 1. The largest absolute Gasteiger partial charge is 0.364 e. The summed E-state index contributed by atoms with van der Waals surface area (Å²) >= 11 is 0. The van der Waals surface area contributed by atoms with E-state index in [0.29, 0.717) is 5.69 Å². The summed E-state index contributed by atoms with van der Waals surface area (Å²) in [6, 6.07) is 6.90. The van der Waals surface area contributed by atoms with E-state index in [2.05, 4.69) is 10.2 Å². The Hall–Kier alpha value is -1.84. The molecule has 1 aromatic heterocycles. The Balaban J connectivity index is 1.92. The zero-order chi connectivity index (χ0) is 11.0. The lowest BCUT2D eigenvalue weighted by Crippen LogP contribution is -2.30. The molecular formula is C12H12FN3. The van der Waals surface area contributed by atoms with Crippen molar-refractivity contribution in [2.24, 2.45) is 0 Å². The highest BCUT2D eigenvalue weighted by Crippen LogP contribution is 2.25. The van der Waals surface area contributed by atoms with Gasteiger partial charge in [0.15, 0.2) is 0 Å². The number of para-hydroxylation sites is 1.